The Morgan fingerprint density at radius 1 is 1.11 bits per heavy atom. The molecule has 0 saturated carbocycles. The van der Waals surface area contributed by atoms with Gasteiger partial charge in [-0.3, -0.25) is 19.5 Å². The van der Waals surface area contributed by atoms with Crippen LogP contribution in [0.1, 0.15) is 0 Å². The van der Waals surface area contributed by atoms with E-state index in [1.807, 2.05) is 43.3 Å². The minimum Gasteiger partial charge on any atom is -0.378 e. The second-order valence-electron chi connectivity index (χ2n) is 6.11. The standard InChI is InChI=1S/C19H17ClN4O2S/c1-23(2)14-9-5-13(6-10-14)21-11-16-17(25)22-19(27)24(18(16)26)15-7-3-12(20)4-8-15/h3-11,16H,1-2H3,(H,22,25,27)/t16-/m0/s1. The third kappa shape index (κ3) is 4.15. The highest BCUT2D eigenvalue weighted by molar-refractivity contribution is 7.80. The molecule has 1 N–H and O–H groups in total. The van der Waals surface area contributed by atoms with Gasteiger partial charge in [-0.1, -0.05) is 11.6 Å². The first-order valence-electron chi connectivity index (χ1n) is 8.13. The lowest BCUT2D eigenvalue weighted by atomic mass is 10.1. The van der Waals surface area contributed by atoms with Gasteiger partial charge in [-0.15, -0.1) is 0 Å². The zero-order valence-corrected chi connectivity index (χ0v) is 16.3. The SMILES string of the molecule is CN(C)c1ccc(N=C[C@H]2C(=O)NC(=S)N(c3ccc(Cl)cc3)C2=O)cc1. The molecule has 0 radical (unpaired) electrons. The number of nitrogens with one attached hydrogen (secondary N) is 1. The summed E-state index contributed by atoms with van der Waals surface area (Å²) in [5.41, 5.74) is 2.20. The Bertz CT molecular complexity index is 910. The fourth-order valence-electron chi connectivity index (χ4n) is 2.55. The number of halogens is 1. The zero-order chi connectivity index (χ0) is 19.6. The maximum absolute atomic E-state index is 12.8. The first-order chi connectivity index (χ1) is 12.9. The van der Waals surface area contributed by atoms with Crippen LogP contribution in [0.3, 0.4) is 0 Å². The molecular formula is C19H17ClN4O2S. The van der Waals surface area contributed by atoms with E-state index in [9.17, 15) is 9.59 Å². The van der Waals surface area contributed by atoms with Gasteiger partial charge >= 0.3 is 0 Å². The van der Waals surface area contributed by atoms with Crippen LogP contribution in [0.2, 0.25) is 5.02 Å². The molecule has 1 heterocycles. The summed E-state index contributed by atoms with van der Waals surface area (Å²) in [5.74, 6) is -2.02. The predicted octanol–water partition coefficient (Wildman–Crippen LogP) is 3.17. The number of rotatable bonds is 4. The van der Waals surface area contributed by atoms with Crippen molar-refractivity contribution in [1.29, 1.82) is 0 Å². The molecule has 3 rings (SSSR count). The van der Waals surface area contributed by atoms with Crippen molar-refractivity contribution in [3.8, 4) is 0 Å². The Labute approximate surface area is 167 Å². The topological polar surface area (TPSA) is 65.0 Å². The summed E-state index contributed by atoms with van der Waals surface area (Å²) in [4.78, 5) is 32.6. The highest BCUT2D eigenvalue weighted by atomic mass is 35.5. The van der Waals surface area contributed by atoms with Crippen molar-refractivity contribution in [3.05, 3.63) is 53.6 Å². The number of nitrogens with zero attached hydrogens (tertiary/aromatic N) is 3. The molecule has 1 aliphatic rings. The average molecular weight is 401 g/mol. The van der Waals surface area contributed by atoms with E-state index in [4.69, 9.17) is 23.8 Å². The lowest BCUT2D eigenvalue weighted by Crippen LogP contribution is -2.58. The molecule has 8 heteroatoms. The summed E-state index contributed by atoms with van der Waals surface area (Å²) in [6.07, 6.45) is 1.34. The molecule has 0 bridgehead atoms. The molecule has 1 fully saturated rings. The van der Waals surface area contributed by atoms with Gasteiger partial charge in [0.2, 0.25) is 5.91 Å². The molecular weight excluding hydrogens is 384 g/mol. The summed E-state index contributed by atoms with van der Waals surface area (Å²) < 4.78 is 0. The quantitative estimate of drug-likeness (QED) is 0.486. The molecule has 2 aromatic carbocycles. The van der Waals surface area contributed by atoms with E-state index in [2.05, 4.69) is 10.3 Å². The van der Waals surface area contributed by atoms with Gasteiger partial charge < -0.3 is 10.2 Å². The maximum atomic E-state index is 12.8. The minimum atomic E-state index is -1.07. The average Bonchev–Trinajstić information content (AvgIpc) is 2.63. The van der Waals surface area contributed by atoms with Crippen molar-refractivity contribution >= 4 is 64.0 Å². The number of carbonyl (C=O) groups is 2. The fraction of sp³-hybridized carbons (Fsp3) is 0.158. The van der Waals surface area contributed by atoms with Gasteiger partial charge in [0.15, 0.2) is 11.0 Å². The van der Waals surface area contributed by atoms with Crippen LogP contribution in [-0.4, -0.2) is 37.2 Å². The number of anilines is 2. The van der Waals surface area contributed by atoms with Crippen molar-refractivity contribution in [2.75, 3.05) is 23.9 Å². The molecule has 1 saturated heterocycles. The Morgan fingerprint density at radius 3 is 2.33 bits per heavy atom. The fourth-order valence-corrected chi connectivity index (χ4v) is 2.98. The van der Waals surface area contributed by atoms with E-state index in [1.54, 1.807) is 24.3 Å². The molecule has 0 spiro atoms. The summed E-state index contributed by atoms with van der Waals surface area (Å²) in [5, 5.41) is 3.12. The van der Waals surface area contributed by atoms with E-state index < -0.39 is 17.7 Å². The van der Waals surface area contributed by atoms with E-state index >= 15 is 0 Å². The maximum Gasteiger partial charge on any atom is 0.251 e. The second kappa shape index (κ2) is 7.85. The number of benzene rings is 2. The van der Waals surface area contributed by atoms with Crippen LogP contribution in [0.4, 0.5) is 17.1 Å². The Balaban J connectivity index is 1.83. The summed E-state index contributed by atoms with van der Waals surface area (Å²) in [6.45, 7) is 0. The van der Waals surface area contributed by atoms with Crippen molar-refractivity contribution in [2.24, 2.45) is 10.9 Å². The van der Waals surface area contributed by atoms with Crippen LogP contribution in [0, 0.1) is 5.92 Å². The third-order valence-electron chi connectivity index (χ3n) is 4.03. The van der Waals surface area contributed by atoms with Crippen LogP contribution < -0.4 is 15.1 Å². The van der Waals surface area contributed by atoms with Crippen LogP contribution in [-0.2, 0) is 9.59 Å². The molecule has 2 amide bonds. The number of amides is 2. The third-order valence-corrected chi connectivity index (χ3v) is 4.56. The highest BCUT2D eigenvalue weighted by Crippen LogP contribution is 2.23. The Morgan fingerprint density at radius 2 is 1.74 bits per heavy atom. The first kappa shape index (κ1) is 19.0. The predicted molar refractivity (Wildman–Crippen MR) is 112 cm³/mol. The first-order valence-corrected chi connectivity index (χ1v) is 8.91. The van der Waals surface area contributed by atoms with Gasteiger partial charge in [0.05, 0.1) is 11.4 Å². The number of hydrogen-bond acceptors (Lipinski definition) is 5. The molecule has 0 aromatic heterocycles. The van der Waals surface area contributed by atoms with Gasteiger partial charge in [-0.05, 0) is 60.7 Å². The zero-order valence-electron chi connectivity index (χ0n) is 14.7. The van der Waals surface area contributed by atoms with Crippen molar-refractivity contribution < 1.29 is 9.59 Å². The largest absolute Gasteiger partial charge is 0.378 e. The van der Waals surface area contributed by atoms with E-state index in [0.29, 0.717) is 16.4 Å². The van der Waals surface area contributed by atoms with Crippen LogP contribution in [0.25, 0.3) is 0 Å². The normalized spacial score (nSPS) is 17.4. The second-order valence-corrected chi connectivity index (χ2v) is 6.93. The smallest absolute Gasteiger partial charge is 0.251 e. The molecule has 2 aromatic rings. The summed E-state index contributed by atoms with van der Waals surface area (Å²) >= 11 is 11.0. The number of thiocarbonyl (C=S) groups is 1. The monoisotopic (exact) mass is 400 g/mol. The van der Waals surface area contributed by atoms with Crippen molar-refractivity contribution in [3.63, 3.8) is 0 Å². The lowest BCUT2D eigenvalue weighted by molar-refractivity contribution is -0.130. The molecule has 0 unspecified atom stereocenters. The summed E-state index contributed by atoms with van der Waals surface area (Å²) in [6, 6.07) is 14.1. The molecule has 27 heavy (non-hydrogen) atoms. The summed E-state index contributed by atoms with van der Waals surface area (Å²) in [7, 11) is 3.88. The molecule has 1 aliphatic heterocycles. The van der Waals surface area contributed by atoms with Gasteiger partial charge in [-0.2, -0.15) is 0 Å². The minimum absolute atomic E-state index is 0.0345. The number of aliphatic imine (C=N–C) groups is 1. The van der Waals surface area contributed by atoms with Crippen molar-refractivity contribution in [1.82, 2.24) is 5.32 Å². The van der Waals surface area contributed by atoms with Gasteiger partial charge in [0.1, 0.15) is 0 Å². The Hall–Kier alpha value is -2.77. The molecule has 1 atom stereocenters. The van der Waals surface area contributed by atoms with E-state index in [1.165, 1.54) is 11.1 Å². The van der Waals surface area contributed by atoms with Crippen LogP contribution in [0.5, 0.6) is 0 Å². The van der Waals surface area contributed by atoms with Crippen LogP contribution in [0.15, 0.2) is 53.5 Å². The van der Waals surface area contributed by atoms with E-state index in [-0.39, 0.29) is 5.11 Å². The molecule has 0 aliphatic carbocycles. The van der Waals surface area contributed by atoms with Gasteiger partial charge in [0.25, 0.3) is 5.91 Å². The Kier molecular flexibility index (Phi) is 5.53. The number of carbonyl (C=O) groups excluding carboxylic acids is 2. The highest BCUT2D eigenvalue weighted by Gasteiger charge is 2.38. The molecule has 6 nitrogen and oxygen atoms in total. The van der Waals surface area contributed by atoms with E-state index in [0.717, 1.165) is 5.69 Å². The van der Waals surface area contributed by atoms with Crippen LogP contribution >= 0.6 is 23.8 Å². The number of hydrogen-bond donors (Lipinski definition) is 1. The lowest BCUT2D eigenvalue weighted by Gasteiger charge is -2.30. The van der Waals surface area contributed by atoms with Crippen molar-refractivity contribution in [2.45, 2.75) is 0 Å². The van der Waals surface area contributed by atoms with Gasteiger partial charge in [0, 0.05) is 31.0 Å². The van der Waals surface area contributed by atoms with Gasteiger partial charge in [-0.25, -0.2) is 0 Å². The molecule has 138 valence electrons.